The van der Waals surface area contributed by atoms with Gasteiger partial charge in [0, 0.05) is 5.71 Å². The highest BCUT2D eigenvalue weighted by Crippen LogP contribution is 2.28. The zero-order valence-corrected chi connectivity index (χ0v) is 15.6. The molecule has 118 valence electrons. The van der Waals surface area contributed by atoms with Gasteiger partial charge >= 0.3 is 0 Å². The highest BCUT2D eigenvalue weighted by Gasteiger charge is 2.23. The van der Waals surface area contributed by atoms with E-state index in [4.69, 9.17) is 5.41 Å². The Morgan fingerprint density at radius 3 is 1.37 bits per heavy atom. The van der Waals surface area contributed by atoms with Crippen LogP contribution in [0.5, 0.6) is 0 Å². The Kier molecular flexibility index (Phi) is 27.9. The Hall–Kier alpha value is -0.590. The Balaban J connectivity index is -0.000000163. The molecule has 1 heteroatoms. The van der Waals surface area contributed by atoms with Crippen molar-refractivity contribution >= 4 is 5.71 Å². The molecule has 0 saturated heterocycles. The Morgan fingerprint density at radius 1 is 0.895 bits per heavy atom. The molecule has 1 nitrogen and oxygen atoms in total. The molecule has 0 bridgehead atoms. The summed E-state index contributed by atoms with van der Waals surface area (Å²) in [5.74, 6) is 2.03. The fraction of sp³-hybridized carbons (Fsp3) is 0.833. The SMILES string of the molecule is C=CC(C(C)C)C(C)C(C)C(C)=N.CC.CC.CC. The van der Waals surface area contributed by atoms with E-state index in [1.54, 1.807) is 0 Å². The van der Waals surface area contributed by atoms with Crippen LogP contribution in [0.3, 0.4) is 0 Å². The zero-order valence-electron chi connectivity index (χ0n) is 15.6. The quantitative estimate of drug-likeness (QED) is 0.418. The molecule has 0 radical (unpaired) electrons. The maximum atomic E-state index is 7.61. The minimum Gasteiger partial charge on any atom is -0.310 e. The van der Waals surface area contributed by atoms with Crippen molar-refractivity contribution in [3.63, 3.8) is 0 Å². The molecule has 0 amide bonds. The van der Waals surface area contributed by atoms with Crippen LogP contribution in [0.2, 0.25) is 0 Å². The summed E-state index contributed by atoms with van der Waals surface area (Å²) in [7, 11) is 0. The van der Waals surface area contributed by atoms with Gasteiger partial charge in [-0.2, -0.15) is 0 Å². The number of allylic oxidation sites excluding steroid dienone is 1. The minimum atomic E-state index is 0.366. The molecule has 0 fully saturated rings. The first-order valence-corrected chi connectivity index (χ1v) is 8.09. The van der Waals surface area contributed by atoms with Crippen molar-refractivity contribution in [3.8, 4) is 0 Å². The average molecular weight is 272 g/mol. The smallest absolute Gasteiger partial charge is 0.00892 e. The van der Waals surface area contributed by atoms with E-state index >= 15 is 0 Å². The van der Waals surface area contributed by atoms with Crippen LogP contribution >= 0.6 is 0 Å². The average Bonchev–Trinajstić information content (AvgIpc) is 2.44. The van der Waals surface area contributed by atoms with Crippen molar-refractivity contribution in [3.05, 3.63) is 12.7 Å². The van der Waals surface area contributed by atoms with Gasteiger partial charge in [-0.25, -0.2) is 0 Å². The van der Waals surface area contributed by atoms with Crippen molar-refractivity contribution in [1.82, 2.24) is 0 Å². The standard InChI is InChI=1S/C12H23N.3C2H6/c1-7-12(8(2)3)10(5)9(4)11(6)13;3*1-2/h7-10,12-13H,1H2,2-6H3;3*1-2H3. The molecular weight excluding hydrogens is 230 g/mol. The van der Waals surface area contributed by atoms with Crippen molar-refractivity contribution in [2.75, 3.05) is 0 Å². The molecule has 0 aromatic heterocycles. The van der Waals surface area contributed by atoms with E-state index in [9.17, 15) is 0 Å². The number of hydrogen-bond donors (Lipinski definition) is 1. The van der Waals surface area contributed by atoms with Crippen molar-refractivity contribution in [2.45, 2.75) is 76.2 Å². The molecule has 3 unspecified atom stereocenters. The van der Waals surface area contributed by atoms with E-state index in [2.05, 4.69) is 34.3 Å². The lowest BCUT2D eigenvalue weighted by molar-refractivity contribution is 0.293. The fourth-order valence-corrected chi connectivity index (χ4v) is 1.82. The second-order valence-corrected chi connectivity index (χ2v) is 4.39. The Labute approximate surface area is 124 Å². The van der Waals surface area contributed by atoms with E-state index in [0.717, 1.165) is 5.71 Å². The van der Waals surface area contributed by atoms with Gasteiger partial charge in [0.1, 0.15) is 0 Å². The molecule has 3 atom stereocenters. The Bertz CT molecular complexity index is 182. The van der Waals surface area contributed by atoms with Gasteiger partial charge in [-0.05, 0) is 30.6 Å². The number of nitrogens with one attached hydrogen (secondary N) is 1. The summed E-state index contributed by atoms with van der Waals surface area (Å²) in [5.41, 5.74) is 0.778. The second-order valence-electron chi connectivity index (χ2n) is 4.39. The predicted octanol–water partition coefficient (Wildman–Crippen LogP) is 6.84. The normalized spacial score (nSPS) is 13.3. The van der Waals surface area contributed by atoms with Gasteiger partial charge in [-0.3, -0.25) is 0 Å². The first-order valence-electron chi connectivity index (χ1n) is 8.09. The molecule has 0 aliphatic rings. The molecule has 1 N–H and O–H groups in total. The van der Waals surface area contributed by atoms with Crippen LogP contribution in [0, 0.1) is 29.1 Å². The van der Waals surface area contributed by atoms with E-state index < -0.39 is 0 Å². The third-order valence-electron chi connectivity index (χ3n) is 3.12. The van der Waals surface area contributed by atoms with Gasteiger partial charge in [0.05, 0.1) is 0 Å². The van der Waals surface area contributed by atoms with Gasteiger partial charge in [-0.15, -0.1) is 6.58 Å². The first kappa shape index (κ1) is 26.9. The van der Waals surface area contributed by atoms with Crippen LogP contribution in [0.4, 0.5) is 0 Å². The van der Waals surface area contributed by atoms with Crippen LogP contribution in [0.25, 0.3) is 0 Å². The third kappa shape index (κ3) is 13.6. The van der Waals surface area contributed by atoms with Crippen LogP contribution in [0.1, 0.15) is 76.2 Å². The van der Waals surface area contributed by atoms with Crippen LogP contribution in [-0.4, -0.2) is 5.71 Å². The van der Waals surface area contributed by atoms with Gasteiger partial charge in [0.15, 0.2) is 0 Å². The van der Waals surface area contributed by atoms with E-state index in [1.807, 2.05) is 54.5 Å². The third-order valence-corrected chi connectivity index (χ3v) is 3.12. The van der Waals surface area contributed by atoms with Gasteiger partial charge < -0.3 is 5.41 Å². The molecule has 0 saturated carbocycles. The highest BCUT2D eigenvalue weighted by atomic mass is 14.4. The summed E-state index contributed by atoms with van der Waals surface area (Å²) in [6.45, 7) is 26.5. The maximum absolute atomic E-state index is 7.61. The molecule has 0 aromatic carbocycles. The lowest BCUT2D eigenvalue weighted by atomic mass is 9.76. The fourth-order valence-electron chi connectivity index (χ4n) is 1.82. The summed E-state index contributed by atoms with van der Waals surface area (Å²) in [6.07, 6.45) is 2.04. The summed E-state index contributed by atoms with van der Waals surface area (Å²) in [5, 5.41) is 7.61. The van der Waals surface area contributed by atoms with E-state index in [1.165, 1.54) is 0 Å². The topological polar surface area (TPSA) is 23.9 Å². The Morgan fingerprint density at radius 2 is 1.21 bits per heavy atom. The van der Waals surface area contributed by atoms with Crippen molar-refractivity contribution < 1.29 is 0 Å². The minimum absolute atomic E-state index is 0.366. The molecule has 0 heterocycles. The number of hydrogen-bond acceptors (Lipinski definition) is 1. The van der Waals surface area contributed by atoms with Gasteiger partial charge in [-0.1, -0.05) is 75.3 Å². The second kappa shape index (κ2) is 19.7. The lowest BCUT2D eigenvalue weighted by Gasteiger charge is -2.29. The van der Waals surface area contributed by atoms with E-state index in [-0.39, 0.29) is 0 Å². The summed E-state index contributed by atoms with van der Waals surface area (Å²) in [4.78, 5) is 0. The maximum Gasteiger partial charge on any atom is 0.00892 e. The lowest BCUT2D eigenvalue weighted by Crippen LogP contribution is -2.25. The van der Waals surface area contributed by atoms with Crippen LogP contribution in [0.15, 0.2) is 12.7 Å². The first-order chi connectivity index (χ1) is 8.91. The van der Waals surface area contributed by atoms with Crippen LogP contribution < -0.4 is 0 Å². The summed E-state index contributed by atoms with van der Waals surface area (Å²) in [6, 6.07) is 0. The summed E-state index contributed by atoms with van der Waals surface area (Å²) < 4.78 is 0. The largest absolute Gasteiger partial charge is 0.310 e. The van der Waals surface area contributed by atoms with Crippen molar-refractivity contribution in [2.24, 2.45) is 23.7 Å². The van der Waals surface area contributed by atoms with E-state index in [0.29, 0.717) is 23.7 Å². The zero-order chi connectivity index (χ0) is 16.6. The molecule has 0 aromatic rings. The summed E-state index contributed by atoms with van der Waals surface area (Å²) >= 11 is 0. The molecule has 0 spiro atoms. The predicted molar refractivity (Wildman–Crippen MR) is 94.3 cm³/mol. The highest BCUT2D eigenvalue weighted by molar-refractivity contribution is 5.81. The number of rotatable bonds is 5. The van der Waals surface area contributed by atoms with Crippen LogP contribution in [-0.2, 0) is 0 Å². The monoisotopic (exact) mass is 271 g/mol. The molecule has 0 rings (SSSR count). The molecule has 0 aliphatic heterocycles. The molecule has 0 aliphatic carbocycles. The van der Waals surface area contributed by atoms with Crippen molar-refractivity contribution in [1.29, 1.82) is 5.41 Å². The molecule has 19 heavy (non-hydrogen) atoms. The molecular formula is C18H41N. The van der Waals surface area contributed by atoms with Gasteiger partial charge in [0.2, 0.25) is 0 Å². The van der Waals surface area contributed by atoms with Gasteiger partial charge in [0.25, 0.3) is 0 Å².